The molecule has 0 atom stereocenters. The summed E-state index contributed by atoms with van der Waals surface area (Å²) in [5, 5.41) is 1.63. The molecule has 0 aliphatic heterocycles. The van der Waals surface area contributed by atoms with Gasteiger partial charge in [-0.1, -0.05) is 11.6 Å². The summed E-state index contributed by atoms with van der Waals surface area (Å²) in [6.45, 7) is 6.03. The van der Waals surface area contributed by atoms with E-state index in [1.54, 1.807) is 0 Å². The molecule has 0 bridgehead atoms. The summed E-state index contributed by atoms with van der Waals surface area (Å²) >= 11 is 5.93. The minimum Gasteiger partial charge on any atom is -0.491 e. The van der Waals surface area contributed by atoms with Crippen LogP contribution in [-0.2, 0) is 0 Å². The van der Waals surface area contributed by atoms with Crippen LogP contribution in [0.1, 0.15) is 19.4 Å². The molecule has 0 saturated heterocycles. The van der Waals surface area contributed by atoms with E-state index in [1.807, 2.05) is 45.0 Å². The largest absolute Gasteiger partial charge is 0.491 e. The van der Waals surface area contributed by atoms with Gasteiger partial charge in [0.25, 0.3) is 0 Å². The fraction of sp³-hybridized carbons (Fsp3) is 0.308. The fourth-order valence-corrected chi connectivity index (χ4v) is 1.94. The zero-order chi connectivity index (χ0) is 11.7. The van der Waals surface area contributed by atoms with Crippen molar-refractivity contribution in [3.8, 4) is 5.75 Å². The second-order valence-corrected chi connectivity index (χ2v) is 4.49. The maximum atomic E-state index is 5.93. The van der Waals surface area contributed by atoms with Crippen LogP contribution in [0.4, 0.5) is 0 Å². The molecular weight excluding hydrogens is 222 g/mol. The van der Waals surface area contributed by atoms with Crippen molar-refractivity contribution in [2.75, 3.05) is 0 Å². The first-order valence-electron chi connectivity index (χ1n) is 5.30. The van der Waals surface area contributed by atoms with Gasteiger partial charge in [-0.05, 0) is 44.5 Å². The van der Waals surface area contributed by atoms with E-state index in [9.17, 15) is 0 Å². The van der Waals surface area contributed by atoms with Gasteiger partial charge in [-0.15, -0.1) is 0 Å². The highest BCUT2D eigenvalue weighted by molar-refractivity contribution is 6.29. The van der Waals surface area contributed by atoms with Crippen molar-refractivity contribution in [1.82, 2.24) is 4.98 Å². The zero-order valence-electron chi connectivity index (χ0n) is 9.62. The molecule has 1 aromatic heterocycles. The monoisotopic (exact) mass is 235 g/mol. The van der Waals surface area contributed by atoms with Crippen LogP contribution < -0.4 is 4.74 Å². The number of hydrogen-bond donors (Lipinski definition) is 0. The van der Waals surface area contributed by atoms with Crippen molar-refractivity contribution in [1.29, 1.82) is 0 Å². The van der Waals surface area contributed by atoms with E-state index < -0.39 is 0 Å². The van der Waals surface area contributed by atoms with Crippen molar-refractivity contribution >= 4 is 22.5 Å². The van der Waals surface area contributed by atoms with Crippen LogP contribution in [0.2, 0.25) is 5.15 Å². The predicted molar refractivity (Wildman–Crippen MR) is 67.3 cm³/mol. The summed E-state index contributed by atoms with van der Waals surface area (Å²) in [5.41, 5.74) is 2.01. The highest BCUT2D eigenvalue weighted by atomic mass is 35.5. The molecular formula is C13H14ClNO. The second kappa shape index (κ2) is 4.30. The number of aryl methyl sites for hydroxylation is 1. The van der Waals surface area contributed by atoms with Crippen molar-refractivity contribution in [2.45, 2.75) is 26.9 Å². The zero-order valence-corrected chi connectivity index (χ0v) is 10.4. The highest BCUT2D eigenvalue weighted by Crippen LogP contribution is 2.24. The Labute approximate surface area is 100 Å². The standard InChI is InChI=1S/C13H14ClNO/c1-8(2)16-10-4-5-11-9(3)6-13(14)15-12(11)7-10/h4-8H,1-3H3. The van der Waals surface area contributed by atoms with Gasteiger partial charge in [0, 0.05) is 11.5 Å². The van der Waals surface area contributed by atoms with Crippen molar-refractivity contribution in [3.63, 3.8) is 0 Å². The second-order valence-electron chi connectivity index (χ2n) is 4.11. The molecule has 0 spiro atoms. The van der Waals surface area contributed by atoms with Gasteiger partial charge >= 0.3 is 0 Å². The van der Waals surface area contributed by atoms with Gasteiger partial charge in [-0.2, -0.15) is 0 Å². The van der Waals surface area contributed by atoms with Crippen LogP contribution in [0.3, 0.4) is 0 Å². The Balaban J connectivity index is 2.53. The SMILES string of the molecule is Cc1cc(Cl)nc2cc(OC(C)C)ccc12. The van der Waals surface area contributed by atoms with E-state index in [-0.39, 0.29) is 6.10 Å². The summed E-state index contributed by atoms with van der Waals surface area (Å²) in [4.78, 5) is 4.29. The number of halogens is 1. The van der Waals surface area contributed by atoms with Crippen molar-refractivity contribution in [3.05, 3.63) is 35.0 Å². The molecule has 0 unspecified atom stereocenters. The van der Waals surface area contributed by atoms with Crippen LogP contribution in [0.25, 0.3) is 10.9 Å². The maximum absolute atomic E-state index is 5.93. The van der Waals surface area contributed by atoms with Gasteiger partial charge in [0.1, 0.15) is 10.9 Å². The first-order chi connectivity index (χ1) is 7.56. The van der Waals surface area contributed by atoms with Gasteiger partial charge in [-0.25, -0.2) is 4.98 Å². The molecule has 1 aromatic carbocycles. The minimum atomic E-state index is 0.165. The molecule has 0 aliphatic carbocycles. The molecule has 1 heterocycles. The lowest BCUT2D eigenvalue weighted by Crippen LogP contribution is -2.05. The molecule has 2 nitrogen and oxygen atoms in total. The molecule has 0 saturated carbocycles. The molecule has 0 radical (unpaired) electrons. The quantitative estimate of drug-likeness (QED) is 0.735. The predicted octanol–water partition coefficient (Wildman–Crippen LogP) is 3.98. The molecule has 84 valence electrons. The molecule has 3 heteroatoms. The number of aromatic nitrogens is 1. The molecule has 0 aliphatic rings. The van der Waals surface area contributed by atoms with Crippen LogP contribution in [0, 0.1) is 6.92 Å². The number of ether oxygens (including phenoxy) is 1. The summed E-state index contributed by atoms with van der Waals surface area (Å²) in [5.74, 6) is 0.830. The molecule has 0 N–H and O–H groups in total. The average molecular weight is 236 g/mol. The lowest BCUT2D eigenvalue weighted by Gasteiger charge is -2.10. The van der Waals surface area contributed by atoms with E-state index in [0.717, 1.165) is 22.2 Å². The summed E-state index contributed by atoms with van der Waals surface area (Å²) < 4.78 is 5.62. The Bertz CT molecular complexity index is 523. The fourth-order valence-electron chi connectivity index (χ4n) is 1.69. The van der Waals surface area contributed by atoms with Crippen LogP contribution in [0.5, 0.6) is 5.75 Å². The van der Waals surface area contributed by atoms with Crippen LogP contribution >= 0.6 is 11.6 Å². The van der Waals surface area contributed by atoms with E-state index >= 15 is 0 Å². The Morgan fingerprint density at radius 1 is 1.25 bits per heavy atom. The lowest BCUT2D eigenvalue weighted by molar-refractivity contribution is 0.242. The third-order valence-electron chi connectivity index (χ3n) is 2.33. The van der Waals surface area contributed by atoms with Gasteiger partial charge in [0.15, 0.2) is 0 Å². The van der Waals surface area contributed by atoms with Crippen molar-refractivity contribution < 1.29 is 4.74 Å². The molecule has 2 rings (SSSR count). The number of nitrogens with zero attached hydrogens (tertiary/aromatic N) is 1. The molecule has 0 fully saturated rings. The van der Waals surface area contributed by atoms with E-state index in [4.69, 9.17) is 16.3 Å². The van der Waals surface area contributed by atoms with Gasteiger partial charge in [0.05, 0.1) is 11.6 Å². The highest BCUT2D eigenvalue weighted by Gasteiger charge is 2.04. The van der Waals surface area contributed by atoms with E-state index in [0.29, 0.717) is 5.15 Å². The number of hydrogen-bond acceptors (Lipinski definition) is 2. The minimum absolute atomic E-state index is 0.165. The Hall–Kier alpha value is -1.28. The Morgan fingerprint density at radius 2 is 2.00 bits per heavy atom. The van der Waals surface area contributed by atoms with Crippen LogP contribution in [0.15, 0.2) is 24.3 Å². The number of benzene rings is 1. The summed E-state index contributed by atoms with van der Waals surface area (Å²) in [6.07, 6.45) is 0.165. The first kappa shape index (κ1) is 11.2. The van der Waals surface area contributed by atoms with E-state index in [1.165, 1.54) is 0 Å². The van der Waals surface area contributed by atoms with E-state index in [2.05, 4.69) is 4.98 Å². The number of fused-ring (bicyclic) bond motifs is 1. The number of rotatable bonds is 2. The third-order valence-corrected chi connectivity index (χ3v) is 2.52. The first-order valence-corrected chi connectivity index (χ1v) is 5.67. The lowest BCUT2D eigenvalue weighted by atomic mass is 10.1. The Kier molecular flexibility index (Phi) is 3.01. The summed E-state index contributed by atoms with van der Waals surface area (Å²) in [6, 6.07) is 7.78. The Morgan fingerprint density at radius 3 is 2.69 bits per heavy atom. The van der Waals surface area contributed by atoms with Gasteiger partial charge < -0.3 is 4.74 Å². The number of pyridine rings is 1. The maximum Gasteiger partial charge on any atom is 0.130 e. The van der Waals surface area contributed by atoms with Gasteiger partial charge in [0.2, 0.25) is 0 Å². The smallest absolute Gasteiger partial charge is 0.130 e. The normalized spacial score (nSPS) is 11.1. The summed E-state index contributed by atoms with van der Waals surface area (Å²) in [7, 11) is 0. The molecule has 2 aromatic rings. The molecule has 16 heavy (non-hydrogen) atoms. The van der Waals surface area contributed by atoms with Crippen LogP contribution in [-0.4, -0.2) is 11.1 Å². The topological polar surface area (TPSA) is 22.1 Å². The van der Waals surface area contributed by atoms with Gasteiger partial charge in [-0.3, -0.25) is 0 Å². The molecule has 0 amide bonds. The van der Waals surface area contributed by atoms with Crippen molar-refractivity contribution in [2.24, 2.45) is 0 Å². The third kappa shape index (κ3) is 2.27. The average Bonchev–Trinajstić information content (AvgIpc) is 2.15.